The van der Waals surface area contributed by atoms with Crippen LogP contribution in [0.1, 0.15) is 6.92 Å². The number of aliphatic hydroxyl groups is 2. The van der Waals surface area contributed by atoms with E-state index in [0.717, 1.165) is 0 Å². The summed E-state index contributed by atoms with van der Waals surface area (Å²) in [6.45, 7) is 1.35. The van der Waals surface area contributed by atoms with Crippen molar-refractivity contribution in [2.24, 2.45) is 11.5 Å². The monoisotopic (exact) mass is 134 g/mol. The first kappa shape index (κ1) is 8.84. The molecule has 0 spiro atoms. The Morgan fingerprint density at radius 3 is 2.00 bits per heavy atom. The van der Waals surface area contributed by atoms with E-state index in [1.807, 2.05) is 0 Å². The molecule has 0 saturated heterocycles. The summed E-state index contributed by atoms with van der Waals surface area (Å²) >= 11 is 0. The lowest BCUT2D eigenvalue weighted by atomic mass is 10.1. The molecule has 0 aromatic heterocycles. The Morgan fingerprint density at radius 2 is 1.89 bits per heavy atom. The molecule has 0 aromatic carbocycles. The predicted octanol–water partition coefficient (Wildman–Crippen LogP) is -1.99. The normalized spacial score (nSPS) is 21.0. The van der Waals surface area contributed by atoms with Crippen LogP contribution in [0, 0.1) is 0 Å². The van der Waals surface area contributed by atoms with Crippen LogP contribution in [0.2, 0.25) is 0 Å². The molecule has 0 aromatic rings. The Kier molecular flexibility index (Phi) is 3.72. The number of nitrogens with two attached hydrogens (primary N) is 2. The van der Waals surface area contributed by atoms with E-state index in [1.54, 1.807) is 6.92 Å². The Hall–Kier alpha value is -0.160. The van der Waals surface area contributed by atoms with Gasteiger partial charge in [-0.25, -0.2) is 0 Å². The van der Waals surface area contributed by atoms with Gasteiger partial charge in [0.05, 0.1) is 12.7 Å². The van der Waals surface area contributed by atoms with Gasteiger partial charge in [-0.05, 0) is 6.92 Å². The summed E-state index contributed by atoms with van der Waals surface area (Å²) in [5.74, 6) is 0. The van der Waals surface area contributed by atoms with E-state index in [9.17, 15) is 0 Å². The molecule has 3 unspecified atom stereocenters. The highest BCUT2D eigenvalue weighted by molar-refractivity contribution is 4.78. The van der Waals surface area contributed by atoms with Crippen LogP contribution < -0.4 is 11.5 Å². The smallest absolute Gasteiger partial charge is 0.0679 e. The Morgan fingerprint density at radius 1 is 1.44 bits per heavy atom. The topological polar surface area (TPSA) is 92.5 Å². The first-order valence-electron chi connectivity index (χ1n) is 2.89. The van der Waals surface area contributed by atoms with Gasteiger partial charge in [0.1, 0.15) is 0 Å². The fourth-order valence-electron chi connectivity index (χ4n) is 0.479. The second kappa shape index (κ2) is 3.79. The largest absolute Gasteiger partial charge is 0.395 e. The Balaban J connectivity index is 3.58. The molecule has 9 heavy (non-hydrogen) atoms. The lowest BCUT2D eigenvalue weighted by molar-refractivity contribution is 0.131. The highest BCUT2D eigenvalue weighted by Crippen LogP contribution is 1.91. The summed E-state index contributed by atoms with van der Waals surface area (Å²) in [6.07, 6.45) is -0.660. The third kappa shape index (κ3) is 2.76. The molecule has 0 fully saturated rings. The minimum Gasteiger partial charge on any atom is -0.395 e. The molecule has 0 amide bonds. The third-order valence-corrected chi connectivity index (χ3v) is 1.26. The zero-order chi connectivity index (χ0) is 7.44. The predicted molar refractivity (Wildman–Crippen MR) is 34.7 cm³/mol. The number of rotatable bonds is 3. The van der Waals surface area contributed by atoms with Crippen molar-refractivity contribution in [1.29, 1.82) is 0 Å². The van der Waals surface area contributed by atoms with E-state index in [4.69, 9.17) is 21.7 Å². The van der Waals surface area contributed by atoms with Crippen molar-refractivity contribution in [3.05, 3.63) is 0 Å². The molecule has 4 nitrogen and oxygen atoms in total. The lowest BCUT2D eigenvalue weighted by Gasteiger charge is -2.19. The van der Waals surface area contributed by atoms with E-state index < -0.39 is 18.2 Å². The molecule has 4 heteroatoms. The molecule has 56 valence electrons. The van der Waals surface area contributed by atoms with Gasteiger partial charge in [-0.3, -0.25) is 0 Å². The van der Waals surface area contributed by atoms with Gasteiger partial charge >= 0.3 is 0 Å². The molecule has 0 bridgehead atoms. The second-order valence-electron chi connectivity index (χ2n) is 2.16. The van der Waals surface area contributed by atoms with E-state index in [1.165, 1.54) is 0 Å². The zero-order valence-corrected chi connectivity index (χ0v) is 5.49. The van der Waals surface area contributed by atoms with Gasteiger partial charge in [0.25, 0.3) is 0 Å². The van der Waals surface area contributed by atoms with Crippen LogP contribution in [0.25, 0.3) is 0 Å². The molecule has 0 heterocycles. The molecular weight excluding hydrogens is 120 g/mol. The van der Waals surface area contributed by atoms with Gasteiger partial charge in [0.2, 0.25) is 0 Å². The summed E-state index contributed by atoms with van der Waals surface area (Å²) in [6, 6.07) is -1.06. The Bertz CT molecular complexity index is 77.4. The zero-order valence-electron chi connectivity index (χ0n) is 5.49. The van der Waals surface area contributed by atoms with Crippen molar-refractivity contribution in [1.82, 2.24) is 0 Å². The highest BCUT2D eigenvalue weighted by atomic mass is 16.3. The van der Waals surface area contributed by atoms with E-state index in [0.29, 0.717) is 0 Å². The van der Waals surface area contributed by atoms with Gasteiger partial charge in [0, 0.05) is 12.1 Å². The molecular formula is C5H14N2O2. The fourth-order valence-corrected chi connectivity index (χ4v) is 0.479. The standard InChI is InChI=1S/C5H14N2O2/c1-3(9)5(7)4(6)2-8/h3-5,8-9H,2,6-7H2,1H3. The fraction of sp³-hybridized carbons (Fsp3) is 1.00. The van der Waals surface area contributed by atoms with Crippen molar-refractivity contribution < 1.29 is 10.2 Å². The van der Waals surface area contributed by atoms with Crippen molar-refractivity contribution in [3.8, 4) is 0 Å². The number of hydrogen-bond donors (Lipinski definition) is 4. The van der Waals surface area contributed by atoms with Crippen LogP contribution in [-0.4, -0.2) is 35.0 Å². The maximum absolute atomic E-state index is 8.81. The van der Waals surface area contributed by atoms with Crippen LogP contribution in [0.3, 0.4) is 0 Å². The van der Waals surface area contributed by atoms with E-state index in [-0.39, 0.29) is 6.61 Å². The summed E-state index contributed by atoms with van der Waals surface area (Å²) < 4.78 is 0. The van der Waals surface area contributed by atoms with Gasteiger partial charge in [-0.2, -0.15) is 0 Å². The summed E-state index contributed by atoms with van der Waals surface area (Å²) in [5, 5.41) is 17.2. The summed E-state index contributed by atoms with van der Waals surface area (Å²) in [7, 11) is 0. The molecule has 6 N–H and O–H groups in total. The molecule has 0 aliphatic carbocycles. The van der Waals surface area contributed by atoms with Crippen LogP contribution >= 0.6 is 0 Å². The van der Waals surface area contributed by atoms with E-state index in [2.05, 4.69) is 0 Å². The van der Waals surface area contributed by atoms with Crippen molar-refractivity contribution >= 4 is 0 Å². The van der Waals surface area contributed by atoms with Crippen LogP contribution in [-0.2, 0) is 0 Å². The number of aliphatic hydroxyl groups excluding tert-OH is 2. The number of hydrogen-bond acceptors (Lipinski definition) is 4. The maximum Gasteiger partial charge on any atom is 0.0679 e. The highest BCUT2D eigenvalue weighted by Gasteiger charge is 2.16. The van der Waals surface area contributed by atoms with Crippen molar-refractivity contribution in [2.45, 2.75) is 25.1 Å². The molecule has 0 radical (unpaired) electrons. The average Bonchev–Trinajstić information content (AvgIpc) is 1.84. The first-order valence-corrected chi connectivity index (χ1v) is 2.89. The summed E-state index contributed by atoms with van der Waals surface area (Å²) in [4.78, 5) is 0. The molecule has 3 atom stereocenters. The molecule has 0 rings (SSSR count). The average molecular weight is 134 g/mol. The van der Waals surface area contributed by atoms with E-state index >= 15 is 0 Å². The van der Waals surface area contributed by atoms with Crippen LogP contribution in [0.5, 0.6) is 0 Å². The molecule has 0 saturated carbocycles. The first-order chi connectivity index (χ1) is 4.09. The lowest BCUT2D eigenvalue weighted by Crippen LogP contribution is -2.50. The third-order valence-electron chi connectivity index (χ3n) is 1.26. The SMILES string of the molecule is CC(O)C(N)C(N)CO. The summed E-state index contributed by atoms with van der Waals surface area (Å²) in [5.41, 5.74) is 10.6. The van der Waals surface area contributed by atoms with Crippen LogP contribution in [0.15, 0.2) is 0 Å². The minimum atomic E-state index is -0.660. The van der Waals surface area contributed by atoms with Gasteiger partial charge in [-0.15, -0.1) is 0 Å². The van der Waals surface area contributed by atoms with Gasteiger partial charge in [0.15, 0.2) is 0 Å². The van der Waals surface area contributed by atoms with Crippen molar-refractivity contribution in [3.63, 3.8) is 0 Å². The van der Waals surface area contributed by atoms with Crippen molar-refractivity contribution in [2.75, 3.05) is 6.61 Å². The Labute approximate surface area is 54.5 Å². The molecule has 0 aliphatic heterocycles. The maximum atomic E-state index is 8.81. The molecule has 0 aliphatic rings. The second-order valence-corrected chi connectivity index (χ2v) is 2.16. The minimum absolute atomic E-state index is 0.188. The van der Waals surface area contributed by atoms with Crippen LogP contribution in [0.4, 0.5) is 0 Å². The van der Waals surface area contributed by atoms with Gasteiger partial charge < -0.3 is 21.7 Å². The van der Waals surface area contributed by atoms with Gasteiger partial charge in [-0.1, -0.05) is 0 Å². The quantitative estimate of drug-likeness (QED) is 0.359.